The lowest BCUT2D eigenvalue weighted by molar-refractivity contribution is -0.384. The maximum absolute atomic E-state index is 10.3. The van der Waals surface area contributed by atoms with E-state index in [1.54, 1.807) is 12.3 Å². The summed E-state index contributed by atoms with van der Waals surface area (Å²) in [5.74, 6) is 0. The van der Waals surface area contributed by atoms with E-state index in [1.807, 2.05) is 0 Å². The van der Waals surface area contributed by atoms with Crippen molar-refractivity contribution in [3.8, 4) is 0 Å². The summed E-state index contributed by atoms with van der Waals surface area (Å²) in [5, 5.41) is 33.7. The lowest BCUT2D eigenvalue weighted by Gasteiger charge is -1.94. The topological polar surface area (TPSA) is 122 Å². The van der Waals surface area contributed by atoms with E-state index < -0.39 is 4.92 Å². The van der Waals surface area contributed by atoms with E-state index >= 15 is 0 Å². The zero-order chi connectivity index (χ0) is 14.1. The number of benzene rings is 1. The van der Waals surface area contributed by atoms with Crippen molar-refractivity contribution in [1.82, 2.24) is 10.2 Å². The monoisotopic (exact) mass is 269 g/mol. The fraction of sp³-hybridized carbons (Fsp3) is 0.364. The van der Waals surface area contributed by atoms with Gasteiger partial charge in [0, 0.05) is 17.5 Å². The van der Waals surface area contributed by atoms with Crippen LogP contribution in [0.2, 0.25) is 0 Å². The predicted molar refractivity (Wildman–Crippen MR) is 67.7 cm³/mol. The van der Waals surface area contributed by atoms with Crippen LogP contribution < -0.4 is 0 Å². The van der Waals surface area contributed by atoms with E-state index in [4.69, 9.17) is 10.2 Å². The number of nitro groups is 1. The van der Waals surface area contributed by atoms with E-state index in [2.05, 4.69) is 14.9 Å². The molecular weight excluding hydrogens is 254 g/mol. The fourth-order valence-electron chi connectivity index (χ4n) is 1.27. The number of rotatable bonds is 5. The average molecular weight is 269 g/mol. The number of hydrogen-bond acceptors (Lipinski definition) is 6. The minimum absolute atomic E-state index is 0.0278. The van der Waals surface area contributed by atoms with Gasteiger partial charge < -0.3 is 14.9 Å². The smallest absolute Gasteiger partial charge is 0.270 e. The Morgan fingerprint density at radius 1 is 1.32 bits per heavy atom. The highest BCUT2D eigenvalue weighted by atomic mass is 16.6. The van der Waals surface area contributed by atoms with Crippen LogP contribution in [-0.2, 0) is 4.74 Å². The summed E-state index contributed by atoms with van der Waals surface area (Å²) in [6, 6.07) is 4.57. The number of fused-ring (bicyclic) bond motifs is 1. The second kappa shape index (κ2) is 8.14. The summed E-state index contributed by atoms with van der Waals surface area (Å²) in [7, 11) is 0. The molecule has 0 aliphatic carbocycles. The van der Waals surface area contributed by atoms with Crippen LogP contribution in [-0.4, -0.2) is 51.8 Å². The lowest BCUT2D eigenvalue weighted by Crippen LogP contribution is -2.03. The van der Waals surface area contributed by atoms with Crippen LogP contribution in [0.5, 0.6) is 0 Å². The molecule has 3 N–H and O–H groups in total. The van der Waals surface area contributed by atoms with Gasteiger partial charge in [0.15, 0.2) is 0 Å². The van der Waals surface area contributed by atoms with E-state index in [0.29, 0.717) is 13.2 Å². The minimum Gasteiger partial charge on any atom is -0.394 e. The lowest BCUT2D eigenvalue weighted by atomic mass is 10.2. The number of nitrogens with zero attached hydrogens (tertiary/aromatic N) is 2. The largest absolute Gasteiger partial charge is 0.394 e. The van der Waals surface area contributed by atoms with E-state index in [1.165, 1.54) is 12.1 Å². The Balaban J connectivity index is 0.000000224. The van der Waals surface area contributed by atoms with Crippen LogP contribution in [0, 0.1) is 10.1 Å². The van der Waals surface area contributed by atoms with Crippen molar-refractivity contribution in [1.29, 1.82) is 0 Å². The second-order valence-corrected chi connectivity index (χ2v) is 3.46. The number of nitrogens with one attached hydrogen (secondary N) is 1. The Morgan fingerprint density at radius 3 is 2.58 bits per heavy atom. The molecule has 2 aromatic rings. The Labute approximate surface area is 108 Å². The molecule has 19 heavy (non-hydrogen) atoms. The SMILES string of the molecule is O=[N+]([O-])c1ccc2[nH]ncc2c1.OCCOCCO. The van der Waals surface area contributed by atoms with Gasteiger partial charge in [0.1, 0.15) is 0 Å². The molecule has 0 atom stereocenters. The van der Waals surface area contributed by atoms with Gasteiger partial charge in [-0.3, -0.25) is 15.2 Å². The van der Waals surface area contributed by atoms with Crippen LogP contribution in [0.25, 0.3) is 10.9 Å². The number of hydrogen-bond donors (Lipinski definition) is 3. The summed E-state index contributed by atoms with van der Waals surface area (Å²) in [6.45, 7) is 0.696. The third-order valence-electron chi connectivity index (χ3n) is 2.11. The maximum atomic E-state index is 10.3. The van der Waals surface area contributed by atoms with E-state index in [9.17, 15) is 10.1 Å². The Kier molecular flexibility index (Phi) is 6.44. The third kappa shape index (κ3) is 5.00. The molecule has 0 radical (unpaired) electrons. The summed E-state index contributed by atoms with van der Waals surface area (Å²) in [4.78, 5) is 9.92. The first-order valence-corrected chi connectivity index (χ1v) is 5.56. The van der Waals surface area contributed by atoms with Gasteiger partial charge >= 0.3 is 0 Å². The van der Waals surface area contributed by atoms with Crippen molar-refractivity contribution in [2.75, 3.05) is 26.4 Å². The average Bonchev–Trinajstić information content (AvgIpc) is 2.87. The molecule has 0 aliphatic rings. The number of aliphatic hydroxyl groups is 2. The van der Waals surface area contributed by atoms with Gasteiger partial charge in [-0.15, -0.1) is 0 Å². The van der Waals surface area contributed by atoms with Crippen LogP contribution in [0.1, 0.15) is 0 Å². The molecule has 1 heterocycles. The third-order valence-corrected chi connectivity index (χ3v) is 2.11. The highest BCUT2D eigenvalue weighted by Crippen LogP contribution is 2.17. The molecule has 0 amide bonds. The van der Waals surface area contributed by atoms with Crippen LogP contribution >= 0.6 is 0 Å². The molecule has 8 nitrogen and oxygen atoms in total. The summed E-state index contributed by atoms with van der Waals surface area (Å²) in [5.41, 5.74) is 0.893. The molecule has 8 heteroatoms. The first-order chi connectivity index (χ1) is 9.19. The molecule has 104 valence electrons. The molecule has 1 aromatic heterocycles. The number of ether oxygens (including phenoxy) is 1. The first kappa shape index (κ1) is 15.0. The Morgan fingerprint density at radius 2 is 2.00 bits per heavy atom. The normalized spacial score (nSPS) is 10.0. The van der Waals surface area contributed by atoms with E-state index in [-0.39, 0.29) is 18.9 Å². The van der Waals surface area contributed by atoms with Crippen molar-refractivity contribution < 1.29 is 19.9 Å². The molecule has 1 aromatic carbocycles. The fourth-order valence-corrected chi connectivity index (χ4v) is 1.27. The summed E-state index contributed by atoms with van der Waals surface area (Å²) in [6.07, 6.45) is 1.56. The van der Waals surface area contributed by atoms with Gasteiger partial charge in [0.05, 0.1) is 43.1 Å². The second-order valence-electron chi connectivity index (χ2n) is 3.46. The van der Waals surface area contributed by atoms with Gasteiger partial charge in [0.2, 0.25) is 0 Å². The predicted octanol–water partition coefficient (Wildman–Crippen LogP) is 0.459. The zero-order valence-electron chi connectivity index (χ0n) is 10.2. The molecule has 0 saturated carbocycles. The summed E-state index contributed by atoms with van der Waals surface area (Å²) < 4.78 is 4.63. The maximum Gasteiger partial charge on any atom is 0.270 e. The number of aromatic amines is 1. The number of non-ortho nitro benzene ring substituents is 1. The van der Waals surface area contributed by atoms with E-state index in [0.717, 1.165) is 10.9 Å². The Bertz CT molecular complexity index is 510. The zero-order valence-corrected chi connectivity index (χ0v) is 10.2. The van der Waals surface area contributed by atoms with Gasteiger partial charge in [-0.05, 0) is 6.07 Å². The highest BCUT2D eigenvalue weighted by molar-refractivity contribution is 5.80. The van der Waals surface area contributed by atoms with Crippen LogP contribution in [0.3, 0.4) is 0 Å². The first-order valence-electron chi connectivity index (χ1n) is 5.56. The van der Waals surface area contributed by atoms with Crippen molar-refractivity contribution in [2.24, 2.45) is 0 Å². The summed E-state index contributed by atoms with van der Waals surface area (Å²) >= 11 is 0. The molecule has 0 unspecified atom stereocenters. The minimum atomic E-state index is -0.424. The van der Waals surface area contributed by atoms with Crippen LogP contribution in [0.15, 0.2) is 24.4 Å². The van der Waals surface area contributed by atoms with Crippen LogP contribution in [0.4, 0.5) is 5.69 Å². The van der Waals surface area contributed by atoms with Crippen molar-refractivity contribution in [3.63, 3.8) is 0 Å². The molecule has 0 saturated heterocycles. The standard InChI is InChI=1S/C7H5N3O2.C4H10O3/c11-10(12)6-1-2-7-5(3-6)4-8-9-7;5-1-3-7-4-2-6/h1-4H,(H,8,9);5-6H,1-4H2. The number of nitro benzene ring substituents is 1. The number of aromatic nitrogens is 2. The van der Waals surface area contributed by atoms with Gasteiger partial charge in [-0.1, -0.05) is 0 Å². The highest BCUT2D eigenvalue weighted by Gasteiger charge is 2.05. The quantitative estimate of drug-likeness (QED) is 0.412. The molecule has 0 aliphatic heterocycles. The molecule has 0 fully saturated rings. The molecular formula is C11H15N3O5. The van der Waals surface area contributed by atoms with Crippen molar-refractivity contribution >= 4 is 16.6 Å². The van der Waals surface area contributed by atoms with Crippen molar-refractivity contribution in [3.05, 3.63) is 34.5 Å². The number of aliphatic hydroxyl groups excluding tert-OH is 2. The van der Waals surface area contributed by atoms with Gasteiger partial charge in [-0.25, -0.2) is 0 Å². The van der Waals surface area contributed by atoms with Gasteiger partial charge in [-0.2, -0.15) is 5.10 Å². The molecule has 0 spiro atoms. The molecule has 2 rings (SSSR count). The molecule has 0 bridgehead atoms. The Hall–Kier alpha value is -2.03. The number of H-pyrrole nitrogens is 1. The van der Waals surface area contributed by atoms with Crippen molar-refractivity contribution in [2.45, 2.75) is 0 Å². The van der Waals surface area contributed by atoms with Gasteiger partial charge in [0.25, 0.3) is 5.69 Å².